The molecule has 2 aliphatic rings. The molecule has 0 aromatic rings. The summed E-state index contributed by atoms with van der Waals surface area (Å²) in [6.45, 7) is 6.24. The topological polar surface area (TPSA) is 451 Å². The summed E-state index contributed by atoms with van der Waals surface area (Å²) < 4.78 is 15.3. The smallest absolute Gasteiger partial charge is 0.300 e. The Labute approximate surface area is 289 Å². The van der Waals surface area contributed by atoms with Crippen molar-refractivity contribution >= 4 is 41.8 Å². The molecule has 0 aromatic heterocycles. The summed E-state index contributed by atoms with van der Waals surface area (Å²) in [5.74, 6) is -5.83. The van der Waals surface area contributed by atoms with E-state index in [1.54, 1.807) is 0 Å². The van der Waals surface area contributed by atoms with E-state index in [0.29, 0.717) is 0 Å². The Kier molecular flexibility index (Phi) is 39.7. The molecule has 2 aliphatic heterocycles. The highest BCUT2D eigenvalue weighted by molar-refractivity contribution is 5.64. The zero-order chi connectivity index (χ0) is 42.4. The summed E-state index contributed by atoms with van der Waals surface area (Å²) in [5, 5.41) is 128. The molecule has 304 valence electrons. The third-order valence-corrected chi connectivity index (χ3v) is 3.98. The van der Waals surface area contributed by atoms with Crippen molar-refractivity contribution in [3.05, 3.63) is 0 Å². The quantitative estimate of drug-likeness (QED) is 0.128. The van der Waals surface area contributed by atoms with Gasteiger partial charge in [-0.3, -0.25) is 33.6 Å². The molecule has 2 heterocycles. The van der Waals surface area contributed by atoms with Crippen LogP contribution in [-0.4, -0.2) is 193 Å². The largest absolute Gasteiger partial charge is 0.481 e. The second-order valence-corrected chi connectivity index (χ2v) is 9.16. The van der Waals surface area contributed by atoms with E-state index < -0.39 is 116 Å². The van der Waals surface area contributed by atoms with Gasteiger partial charge in [-0.2, -0.15) is 0 Å². The van der Waals surface area contributed by atoms with Crippen molar-refractivity contribution in [2.24, 2.45) is 0 Å². The van der Waals surface area contributed by atoms with Crippen LogP contribution in [0.1, 0.15) is 48.5 Å². The van der Waals surface area contributed by atoms with Crippen LogP contribution in [0.25, 0.3) is 0 Å². The normalized spacial score (nSPS) is 26.7. The lowest BCUT2D eigenvalue weighted by molar-refractivity contribution is -0.355. The third kappa shape index (κ3) is 45.9. The third-order valence-electron chi connectivity index (χ3n) is 3.98. The lowest BCUT2D eigenvalue weighted by Crippen LogP contribution is -2.64. The van der Waals surface area contributed by atoms with E-state index in [-0.39, 0.29) is 0 Å². The van der Waals surface area contributed by atoms with Crippen LogP contribution >= 0.6 is 0 Å². The van der Waals surface area contributed by atoms with Crippen LogP contribution in [-0.2, 0) is 47.8 Å². The van der Waals surface area contributed by atoms with Crippen molar-refractivity contribution in [1.29, 1.82) is 0 Å². The van der Waals surface area contributed by atoms with Crippen LogP contribution in [0.15, 0.2) is 0 Å². The number of ether oxygens (including phenoxy) is 3. The van der Waals surface area contributed by atoms with Crippen molar-refractivity contribution in [1.82, 2.24) is 0 Å². The van der Waals surface area contributed by atoms with Gasteiger partial charge >= 0.3 is 0 Å². The van der Waals surface area contributed by atoms with E-state index in [1.165, 1.54) is 0 Å². The highest BCUT2D eigenvalue weighted by Crippen LogP contribution is 2.28. The van der Waals surface area contributed by atoms with E-state index in [1.807, 2.05) is 0 Å². The number of carbonyl (C=O) groups is 7. The van der Waals surface area contributed by atoms with Gasteiger partial charge in [-0.05, 0) is 0 Å². The molecule has 1 unspecified atom stereocenters. The minimum atomic E-state index is -1.74. The first-order valence-electron chi connectivity index (χ1n) is 13.6. The number of rotatable bonds is 4. The average Bonchev–Trinajstić information content (AvgIpc) is 2.91. The molecule has 2 rings (SSSR count). The number of aliphatic hydroxyl groups is 8. The fourth-order valence-corrected chi connectivity index (χ4v) is 2.57. The van der Waals surface area contributed by atoms with E-state index in [9.17, 15) is 35.7 Å². The van der Waals surface area contributed by atoms with Gasteiger partial charge in [0.15, 0.2) is 12.6 Å². The molecule has 10 atom stereocenters. The maximum Gasteiger partial charge on any atom is 0.300 e. The van der Waals surface area contributed by atoms with Crippen LogP contribution in [0.2, 0.25) is 0 Å². The van der Waals surface area contributed by atoms with Crippen LogP contribution in [0.5, 0.6) is 0 Å². The molecule has 2 fully saturated rings. The molecule has 0 radical (unpaired) electrons. The molecule has 0 spiro atoms. The Morgan fingerprint density at radius 1 is 0.431 bits per heavy atom. The molecule has 0 amide bonds. The zero-order valence-corrected chi connectivity index (χ0v) is 28.5. The number of aliphatic hydroxyl groups excluding tert-OH is 8. The van der Waals surface area contributed by atoms with Gasteiger partial charge < -0.3 is 90.8 Å². The summed E-state index contributed by atoms with van der Waals surface area (Å²) in [4.78, 5) is 63.0. The minimum Gasteiger partial charge on any atom is -0.481 e. The molecule has 2 saturated heterocycles. The number of carboxylic acids is 7. The van der Waals surface area contributed by atoms with Crippen molar-refractivity contribution < 1.29 is 124 Å². The number of aliphatic carboxylic acids is 7. The predicted octanol–water partition coefficient (Wildman–Crippen LogP) is -4.76. The van der Waals surface area contributed by atoms with Crippen LogP contribution in [0.4, 0.5) is 0 Å². The molecule has 0 aliphatic carbocycles. The molecule has 0 aromatic carbocycles. The summed E-state index contributed by atoms with van der Waals surface area (Å²) in [5.41, 5.74) is 0. The number of hydrogen-bond donors (Lipinski definition) is 15. The van der Waals surface area contributed by atoms with Gasteiger partial charge in [-0.15, -0.1) is 0 Å². The Morgan fingerprint density at radius 3 is 0.961 bits per heavy atom. The van der Waals surface area contributed by atoms with Gasteiger partial charge in [-0.1, -0.05) is 0 Å². The second-order valence-electron chi connectivity index (χ2n) is 9.16. The van der Waals surface area contributed by atoms with Crippen molar-refractivity contribution in [3.8, 4) is 0 Å². The molecule has 25 heteroatoms. The Balaban J connectivity index is -0.000000147. The van der Waals surface area contributed by atoms with Gasteiger partial charge in [-0.25, -0.2) is 0 Å². The zero-order valence-electron chi connectivity index (χ0n) is 28.5. The SMILES string of the molecule is CC(=O)O.CC(=O)O.CC(=O)O.CC(=O)O.CC(=O)O.CC(=O)O.CC(=O)O.OC[C@H]1O[C@@H](O[C@H]2[C@H](O)[C@@H](O)C(O)O[C@@H]2CO)[C@H](O)[C@@H](O)[C@H]1O. The van der Waals surface area contributed by atoms with Crippen LogP contribution in [0, 0.1) is 0 Å². The van der Waals surface area contributed by atoms with E-state index in [4.69, 9.17) is 88.6 Å². The summed E-state index contributed by atoms with van der Waals surface area (Å²) >= 11 is 0. The summed E-state index contributed by atoms with van der Waals surface area (Å²) in [6, 6.07) is 0. The van der Waals surface area contributed by atoms with Crippen LogP contribution < -0.4 is 0 Å². The number of hydrogen-bond acceptors (Lipinski definition) is 18. The molecule has 15 N–H and O–H groups in total. The first kappa shape index (κ1) is 59.0. The van der Waals surface area contributed by atoms with Gasteiger partial charge in [0.2, 0.25) is 0 Å². The first-order valence-corrected chi connectivity index (χ1v) is 13.6. The second kappa shape index (κ2) is 34.3. The van der Waals surface area contributed by atoms with Gasteiger partial charge in [0.05, 0.1) is 13.2 Å². The van der Waals surface area contributed by atoms with Crippen molar-refractivity contribution in [2.75, 3.05) is 13.2 Å². The highest BCUT2D eigenvalue weighted by atomic mass is 16.7. The monoisotopic (exact) mass is 762 g/mol. The van der Waals surface area contributed by atoms with E-state index in [0.717, 1.165) is 48.5 Å². The van der Waals surface area contributed by atoms with Crippen molar-refractivity contribution in [2.45, 2.75) is 110 Å². The van der Waals surface area contributed by atoms with Gasteiger partial charge in [0.25, 0.3) is 41.8 Å². The standard InChI is InChI=1S/C12H22O11.7C2H4O2/c13-1-3-5(15)6(16)9(19)12(22-3)23-10-4(2-14)21-11(20)8(18)7(10)17;7*1-2(3)4/h3-20H,1-2H2;7*1H3,(H,3,4)/t3-,4-,5+,6+,7-,8-,9-,10-,11?,12+;;;;;;;/m1......./s1. The summed E-state index contributed by atoms with van der Waals surface area (Å²) in [6.07, 6.45) is -15.6. The lowest BCUT2D eigenvalue weighted by Gasteiger charge is -2.45. The molecule has 0 bridgehead atoms. The van der Waals surface area contributed by atoms with E-state index >= 15 is 0 Å². The number of carboxylic acid groups (broad SMARTS) is 7. The lowest BCUT2D eigenvalue weighted by atomic mass is 9.97. The maximum atomic E-state index is 9.94. The van der Waals surface area contributed by atoms with Crippen LogP contribution in [0.3, 0.4) is 0 Å². The van der Waals surface area contributed by atoms with Gasteiger partial charge in [0, 0.05) is 48.5 Å². The fraction of sp³-hybridized carbons (Fsp3) is 0.731. The molecule has 25 nitrogen and oxygen atoms in total. The highest BCUT2D eigenvalue weighted by Gasteiger charge is 2.50. The molecular formula is C26H50O25. The molecule has 0 saturated carbocycles. The summed E-state index contributed by atoms with van der Waals surface area (Å²) in [7, 11) is 0. The average molecular weight is 763 g/mol. The predicted molar refractivity (Wildman–Crippen MR) is 162 cm³/mol. The maximum absolute atomic E-state index is 9.94. The molecule has 51 heavy (non-hydrogen) atoms. The van der Waals surface area contributed by atoms with E-state index in [2.05, 4.69) is 0 Å². The minimum absolute atomic E-state index is 0.667. The van der Waals surface area contributed by atoms with Crippen molar-refractivity contribution in [3.63, 3.8) is 0 Å². The Bertz CT molecular complexity index is 838. The Hall–Kier alpha value is -4.15. The van der Waals surface area contributed by atoms with Gasteiger partial charge in [0.1, 0.15) is 48.8 Å². The fourth-order valence-electron chi connectivity index (χ4n) is 2.57. The Morgan fingerprint density at radius 2 is 0.706 bits per heavy atom. The molecular weight excluding hydrogens is 712 g/mol. The first-order chi connectivity index (χ1) is 22.9.